The molecular formula is C31H35N5O2. The number of carbonyl (C=O) groups excluding carboxylic acids is 1. The van der Waals surface area contributed by atoms with E-state index in [0.29, 0.717) is 6.61 Å². The number of para-hydroxylation sites is 1. The first-order valence-corrected chi connectivity index (χ1v) is 13.3. The molecule has 1 aromatic heterocycles. The quantitative estimate of drug-likeness (QED) is 0.291. The summed E-state index contributed by atoms with van der Waals surface area (Å²) in [6, 6.07) is 22.5. The number of rotatable bonds is 9. The average molecular weight is 510 g/mol. The highest BCUT2D eigenvalue weighted by molar-refractivity contribution is 5.99. The molecule has 1 aliphatic heterocycles. The zero-order valence-corrected chi connectivity index (χ0v) is 22.1. The fraction of sp³-hybridized carbons (Fsp3) is 0.290. The van der Waals surface area contributed by atoms with Crippen molar-refractivity contribution in [3.8, 4) is 17.1 Å². The lowest BCUT2D eigenvalue weighted by Crippen LogP contribution is -2.47. The van der Waals surface area contributed by atoms with Crippen LogP contribution in [0.25, 0.3) is 22.4 Å². The number of aromatic amines is 1. The summed E-state index contributed by atoms with van der Waals surface area (Å²) in [5.74, 6) is 1.59. The van der Waals surface area contributed by atoms with Crippen molar-refractivity contribution >= 4 is 28.3 Å². The van der Waals surface area contributed by atoms with Crippen LogP contribution in [-0.2, 0) is 11.2 Å². The summed E-state index contributed by atoms with van der Waals surface area (Å²) in [6.07, 6.45) is 4.25. The maximum absolute atomic E-state index is 11.7. The minimum Gasteiger partial charge on any atom is -0.492 e. The first-order valence-electron chi connectivity index (χ1n) is 13.3. The van der Waals surface area contributed by atoms with Crippen molar-refractivity contribution in [1.82, 2.24) is 14.9 Å². The van der Waals surface area contributed by atoms with Gasteiger partial charge in [-0.15, -0.1) is 0 Å². The molecule has 7 nitrogen and oxygen atoms in total. The number of piperazine rings is 1. The Morgan fingerprint density at radius 2 is 1.79 bits per heavy atom. The molecule has 1 aliphatic rings. The number of anilines is 2. The molecule has 5 rings (SSSR count). The van der Waals surface area contributed by atoms with Crippen molar-refractivity contribution < 1.29 is 9.53 Å². The molecule has 3 aromatic carbocycles. The third kappa shape index (κ3) is 6.06. The fourth-order valence-corrected chi connectivity index (χ4v) is 4.78. The van der Waals surface area contributed by atoms with E-state index < -0.39 is 0 Å². The molecule has 2 N–H and O–H groups in total. The number of nitrogens with zero attached hydrogens (tertiary/aromatic N) is 3. The van der Waals surface area contributed by atoms with Gasteiger partial charge in [0, 0.05) is 44.0 Å². The summed E-state index contributed by atoms with van der Waals surface area (Å²) < 4.78 is 5.95. The van der Waals surface area contributed by atoms with E-state index in [1.165, 1.54) is 17.3 Å². The highest BCUT2D eigenvalue weighted by Crippen LogP contribution is 2.29. The van der Waals surface area contributed by atoms with Crippen LogP contribution >= 0.6 is 0 Å². The molecule has 38 heavy (non-hydrogen) atoms. The summed E-state index contributed by atoms with van der Waals surface area (Å²) in [6.45, 7) is 9.34. The number of hydrogen-bond donors (Lipinski definition) is 2. The van der Waals surface area contributed by atoms with Gasteiger partial charge in [-0.05, 0) is 61.4 Å². The van der Waals surface area contributed by atoms with Gasteiger partial charge in [0.15, 0.2) is 0 Å². The predicted octanol–water partition coefficient (Wildman–Crippen LogP) is 5.51. The second-order valence-corrected chi connectivity index (χ2v) is 9.50. The minimum absolute atomic E-state index is 0.133. The van der Waals surface area contributed by atoms with Gasteiger partial charge in [-0.2, -0.15) is 0 Å². The summed E-state index contributed by atoms with van der Waals surface area (Å²) >= 11 is 0. The van der Waals surface area contributed by atoms with Crippen molar-refractivity contribution in [2.45, 2.75) is 20.3 Å². The second kappa shape index (κ2) is 12.0. The van der Waals surface area contributed by atoms with Crippen LogP contribution < -0.4 is 15.0 Å². The Bertz CT molecular complexity index is 1380. The summed E-state index contributed by atoms with van der Waals surface area (Å²) in [7, 11) is 0. The lowest BCUT2D eigenvalue weighted by molar-refractivity contribution is -0.111. The van der Waals surface area contributed by atoms with E-state index in [1.54, 1.807) is 6.08 Å². The van der Waals surface area contributed by atoms with Crippen molar-refractivity contribution in [2.75, 3.05) is 49.5 Å². The molecule has 0 spiro atoms. The van der Waals surface area contributed by atoms with Gasteiger partial charge in [-0.1, -0.05) is 43.3 Å². The second-order valence-electron chi connectivity index (χ2n) is 9.50. The summed E-state index contributed by atoms with van der Waals surface area (Å²) in [5, 5.41) is 2.82. The largest absolute Gasteiger partial charge is 0.492 e. The normalized spacial score (nSPS) is 14.3. The zero-order chi connectivity index (χ0) is 26.3. The van der Waals surface area contributed by atoms with Crippen LogP contribution in [0.3, 0.4) is 0 Å². The molecule has 0 aliphatic carbocycles. The smallest absolute Gasteiger partial charge is 0.248 e. The molecule has 196 valence electrons. The van der Waals surface area contributed by atoms with E-state index >= 15 is 0 Å². The Balaban J connectivity index is 1.13. The molecule has 1 saturated heterocycles. The van der Waals surface area contributed by atoms with Crippen LogP contribution in [0.2, 0.25) is 0 Å². The molecule has 0 bridgehead atoms. The summed E-state index contributed by atoms with van der Waals surface area (Å²) in [4.78, 5) is 25.0. The van der Waals surface area contributed by atoms with Crippen LogP contribution in [-0.4, -0.2) is 60.1 Å². The van der Waals surface area contributed by atoms with Crippen molar-refractivity contribution in [1.29, 1.82) is 0 Å². The third-order valence-electron chi connectivity index (χ3n) is 6.96. The average Bonchev–Trinajstić information content (AvgIpc) is 3.39. The van der Waals surface area contributed by atoms with Gasteiger partial charge >= 0.3 is 0 Å². The molecule has 4 aromatic rings. The molecule has 0 atom stereocenters. The number of aromatic nitrogens is 2. The molecule has 1 amide bonds. The Kier molecular flexibility index (Phi) is 8.04. The highest BCUT2D eigenvalue weighted by atomic mass is 16.5. The van der Waals surface area contributed by atoms with E-state index in [1.807, 2.05) is 31.2 Å². The molecule has 2 heterocycles. The van der Waals surface area contributed by atoms with Crippen LogP contribution in [0.1, 0.15) is 19.4 Å². The van der Waals surface area contributed by atoms with Crippen molar-refractivity contribution in [3.63, 3.8) is 0 Å². The van der Waals surface area contributed by atoms with E-state index in [9.17, 15) is 4.79 Å². The molecule has 0 unspecified atom stereocenters. The van der Waals surface area contributed by atoms with Gasteiger partial charge in [0.25, 0.3) is 0 Å². The van der Waals surface area contributed by atoms with Crippen molar-refractivity contribution in [2.24, 2.45) is 0 Å². The number of carbonyl (C=O) groups is 1. The van der Waals surface area contributed by atoms with E-state index in [4.69, 9.17) is 9.72 Å². The van der Waals surface area contributed by atoms with Gasteiger partial charge in [0.2, 0.25) is 5.91 Å². The van der Waals surface area contributed by atoms with Crippen LogP contribution in [0, 0.1) is 0 Å². The number of fused-ring (bicyclic) bond motifs is 1. The van der Waals surface area contributed by atoms with Crippen LogP contribution in [0.4, 0.5) is 11.4 Å². The molecule has 0 radical (unpaired) electrons. The first-order chi connectivity index (χ1) is 18.6. The van der Waals surface area contributed by atoms with Crippen LogP contribution in [0.5, 0.6) is 5.75 Å². The Morgan fingerprint density at radius 1 is 1.03 bits per heavy atom. The Morgan fingerprint density at radius 3 is 2.50 bits per heavy atom. The van der Waals surface area contributed by atoms with Gasteiger partial charge in [0.1, 0.15) is 23.7 Å². The Hall–Kier alpha value is -4.10. The lowest BCUT2D eigenvalue weighted by Gasteiger charge is -2.36. The van der Waals surface area contributed by atoms with Gasteiger partial charge in [0.05, 0.1) is 11.2 Å². The van der Waals surface area contributed by atoms with Crippen LogP contribution in [0.15, 0.2) is 78.9 Å². The minimum atomic E-state index is -0.133. The van der Waals surface area contributed by atoms with E-state index in [2.05, 4.69) is 69.5 Å². The topological polar surface area (TPSA) is 73.5 Å². The zero-order valence-electron chi connectivity index (χ0n) is 22.1. The monoisotopic (exact) mass is 509 g/mol. The highest BCUT2D eigenvalue weighted by Gasteiger charge is 2.20. The number of ether oxygens (including phenoxy) is 1. The van der Waals surface area contributed by atoms with E-state index in [0.717, 1.165) is 73.0 Å². The third-order valence-corrected chi connectivity index (χ3v) is 6.96. The summed E-state index contributed by atoms with van der Waals surface area (Å²) in [5.41, 5.74) is 6.49. The molecular weight excluding hydrogens is 474 g/mol. The van der Waals surface area contributed by atoms with Gasteiger partial charge in [-0.25, -0.2) is 4.98 Å². The molecule has 1 fully saturated rings. The SMILES string of the molecule is CC=CC(=O)Nc1ccc(OCCN2CCN(c3cccc4[nH]c(-c5ccc(CC)cc5)nc34)CC2)cc1. The number of H-pyrrole nitrogens is 1. The predicted molar refractivity (Wildman–Crippen MR) is 155 cm³/mol. The number of benzene rings is 3. The molecule has 7 heteroatoms. The standard InChI is InChI=1S/C31H35N5O2/c1-3-6-29(37)32-25-13-15-26(16-14-25)38-22-21-35-17-19-36(20-18-35)28-8-5-7-27-30(28)34-31(33-27)24-11-9-23(4-2)10-12-24/h3,5-16H,4,17-22H2,1-2H3,(H,32,37)(H,33,34). The lowest BCUT2D eigenvalue weighted by atomic mass is 10.1. The maximum Gasteiger partial charge on any atom is 0.248 e. The first kappa shape index (κ1) is 25.5. The number of hydrogen-bond acceptors (Lipinski definition) is 5. The molecule has 0 saturated carbocycles. The maximum atomic E-state index is 11.7. The van der Waals surface area contributed by atoms with Gasteiger partial charge in [-0.3, -0.25) is 9.69 Å². The number of allylic oxidation sites excluding steroid dienone is 1. The number of nitrogens with one attached hydrogen (secondary N) is 2. The number of amides is 1. The van der Waals surface area contributed by atoms with Gasteiger partial charge < -0.3 is 19.9 Å². The van der Waals surface area contributed by atoms with Crippen molar-refractivity contribution in [3.05, 3.63) is 84.4 Å². The Labute approximate surface area is 224 Å². The fourth-order valence-electron chi connectivity index (χ4n) is 4.78. The number of aryl methyl sites for hydroxylation is 1. The number of imidazole rings is 1. The van der Waals surface area contributed by atoms with E-state index in [-0.39, 0.29) is 5.91 Å².